The van der Waals surface area contributed by atoms with Crippen molar-refractivity contribution in [3.8, 4) is 18.1 Å². The van der Waals surface area contributed by atoms with Gasteiger partial charge in [-0.25, -0.2) is 0 Å². The van der Waals surface area contributed by atoms with Crippen molar-refractivity contribution in [3.05, 3.63) is 34.9 Å². The van der Waals surface area contributed by atoms with Crippen molar-refractivity contribution in [2.24, 2.45) is 5.92 Å². The van der Waals surface area contributed by atoms with Crippen LogP contribution < -0.4 is 4.52 Å². The molecule has 0 amide bonds. The van der Waals surface area contributed by atoms with Crippen molar-refractivity contribution >= 4 is 26.2 Å². The second kappa shape index (κ2) is 8.02. The number of alkyl halides is 1. The number of halogens is 1. The molecule has 0 radical (unpaired) electrons. The fraction of sp³-hybridized carbons (Fsp3) is 0.444. The molecule has 1 aliphatic rings. The minimum Gasteiger partial charge on any atom is -0.449 e. The minimum absolute atomic E-state index is 0.237. The van der Waals surface area contributed by atoms with Crippen LogP contribution in [0, 0.1) is 18.3 Å². The van der Waals surface area contributed by atoms with Crippen molar-refractivity contribution in [1.82, 2.24) is 0 Å². The van der Waals surface area contributed by atoms with Gasteiger partial charge in [0.15, 0.2) is 0 Å². The Labute approximate surface area is 139 Å². The predicted molar refractivity (Wildman–Crippen MR) is 95.4 cm³/mol. The van der Waals surface area contributed by atoms with Gasteiger partial charge < -0.3 is 9.42 Å². The van der Waals surface area contributed by atoms with Gasteiger partial charge in [0, 0.05) is 5.38 Å². The van der Waals surface area contributed by atoms with Crippen molar-refractivity contribution in [2.45, 2.75) is 44.9 Å². The number of terminal acetylenes is 1. The van der Waals surface area contributed by atoms with Crippen molar-refractivity contribution < 1.29 is 9.42 Å². The fourth-order valence-electron chi connectivity index (χ4n) is 3.30. The quantitative estimate of drug-likeness (QED) is 0.458. The van der Waals surface area contributed by atoms with E-state index in [-0.39, 0.29) is 5.38 Å². The number of hydrogen-bond donors (Lipinski definition) is 1. The van der Waals surface area contributed by atoms with E-state index in [1.165, 1.54) is 11.1 Å². The van der Waals surface area contributed by atoms with E-state index in [0.717, 1.165) is 31.2 Å². The summed E-state index contributed by atoms with van der Waals surface area (Å²) in [5.74, 6) is 3.73. The SMILES string of the molecule is C#Cc1ccc(/C(CC)=C2/CC(Cl)CC2CC)cc1OPO. The third-order valence-electron chi connectivity index (χ3n) is 4.35. The van der Waals surface area contributed by atoms with Gasteiger partial charge in [-0.2, -0.15) is 0 Å². The third kappa shape index (κ3) is 3.66. The average molecular weight is 337 g/mol. The maximum absolute atomic E-state index is 9.06. The van der Waals surface area contributed by atoms with E-state index in [4.69, 9.17) is 27.4 Å². The molecule has 22 heavy (non-hydrogen) atoms. The molecular formula is C18H22ClO2P. The highest BCUT2D eigenvalue weighted by atomic mass is 35.5. The molecule has 0 spiro atoms. The number of allylic oxidation sites excluding steroid dienone is 2. The van der Waals surface area contributed by atoms with Gasteiger partial charge in [0.05, 0.1) is 5.56 Å². The van der Waals surface area contributed by atoms with E-state index in [1.807, 2.05) is 18.2 Å². The van der Waals surface area contributed by atoms with Crippen LogP contribution in [0.25, 0.3) is 5.57 Å². The summed E-state index contributed by atoms with van der Waals surface area (Å²) >= 11 is 6.38. The predicted octanol–water partition coefficient (Wildman–Crippen LogP) is 5.14. The summed E-state index contributed by atoms with van der Waals surface area (Å²) in [6, 6.07) is 5.87. The number of benzene rings is 1. The van der Waals surface area contributed by atoms with E-state index in [0.29, 0.717) is 17.2 Å². The highest BCUT2D eigenvalue weighted by Crippen LogP contribution is 2.42. The van der Waals surface area contributed by atoms with Crippen LogP contribution in [0.5, 0.6) is 5.75 Å². The summed E-state index contributed by atoms with van der Waals surface area (Å²) in [4.78, 5) is 9.06. The van der Waals surface area contributed by atoms with Crippen molar-refractivity contribution in [1.29, 1.82) is 0 Å². The van der Waals surface area contributed by atoms with Gasteiger partial charge in [-0.15, -0.1) is 18.0 Å². The average Bonchev–Trinajstić information content (AvgIpc) is 2.89. The van der Waals surface area contributed by atoms with Crippen LogP contribution in [0.4, 0.5) is 0 Å². The lowest BCUT2D eigenvalue weighted by molar-refractivity contribution is 0.513. The zero-order valence-corrected chi connectivity index (χ0v) is 14.8. The van der Waals surface area contributed by atoms with E-state index in [9.17, 15) is 0 Å². The van der Waals surface area contributed by atoms with E-state index < -0.39 is 9.03 Å². The van der Waals surface area contributed by atoms with Gasteiger partial charge in [0.1, 0.15) is 5.75 Å². The highest BCUT2D eigenvalue weighted by molar-refractivity contribution is 7.25. The maximum atomic E-state index is 9.06. The Balaban J connectivity index is 2.48. The lowest BCUT2D eigenvalue weighted by Gasteiger charge is -2.17. The molecule has 0 saturated heterocycles. The van der Waals surface area contributed by atoms with E-state index in [1.54, 1.807) is 0 Å². The molecule has 1 aromatic rings. The fourth-order valence-corrected chi connectivity index (χ4v) is 3.95. The summed E-state index contributed by atoms with van der Waals surface area (Å²) < 4.78 is 5.29. The Hall–Kier alpha value is -1.00. The van der Waals surface area contributed by atoms with Crippen LogP contribution in [-0.4, -0.2) is 10.3 Å². The summed E-state index contributed by atoms with van der Waals surface area (Å²) in [6.07, 6.45) is 9.57. The topological polar surface area (TPSA) is 29.5 Å². The smallest absolute Gasteiger partial charge is 0.212 e. The molecule has 1 saturated carbocycles. The van der Waals surface area contributed by atoms with Crippen molar-refractivity contribution in [3.63, 3.8) is 0 Å². The molecule has 3 unspecified atom stereocenters. The van der Waals surface area contributed by atoms with E-state index >= 15 is 0 Å². The monoisotopic (exact) mass is 336 g/mol. The second-order valence-corrected chi connectivity index (χ2v) is 6.55. The minimum atomic E-state index is -0.609. The van der Waals surface area contributed by atoms with Gasteiger partial charge in [-0.1, -0.05) is 31.4 Å². The molecule has 1 fully saturated rings. The molecule has 3 atom stereocenters. The molecular weight excluding hydrogens is 315 g/mol. The van der Waals surface area contributed by atoms with Crippen LogP contribution in [0.15, 0.2) is 23.8 Å². The van der Waals surface area contributed by atoms with Crippen LogP contribution in [0.2, 0.25) is 0 Å². The Kier molecular flexibility index (Phi) is 6.33. The van der Waals surface area contributed by atoms with Gasteiger partial charge in [0.25, 0.3) is 0 Å². The lowest BCUT2D eigenvalue weighted by Crippen LogP contribution is -1.99. The number of rotatable bonds is 5. The summed E-state index contributed by atoms with van der Waals surface area (Å²) in [7, 11) is -0.609. The largest absolute Gasteiger partial charge is 0.449 e. The standard InChI is InChI=1S/C18H22ClO2P/c1-4-12-7-8-14(10-18(12)21-22-20)16(6-3)17-11-15(19)9-13(17)5-2/h1,7-8,10,13,15,20,22H,5-6,9,11H2,2-3H3/b17-16-. The highest BCUT2D eigenvalue weighted by Gasteiger charge is 2.29. The zero-order chi connectivity index (χ0) is 16.1. The van der Waals surface area contributed by atoms with Gasteiger partial charge in [-0.3, -0.25) is 0 Å². The Morgan fingerprint density at radius 3 is 2.86 bits per heavy atom. The zero-order valence-electron chi connectivity index (χ0n) is 13.0. The second-order valence-electron chi connectivity index (χ2n) is 5.55. The molecule has 1 aliphatic carbocycles. The first-order valence-corrected chi connectivity index (χ1v) is 8.96. The molecule has 1 aromatic carbocycles. The molecule has 2 rings (SSSR count). The van der Waals surface area contributed by atoms with Crippen LogP contribution in [0.3, 0.4) is 0 Å². The Morgan fingerprint density at radius 2 is 2.27 bits per heavy atom. The van der Waals surface area contributed by atoms with Crippen molar-refractivity contribution in [2.75, 3.05) is 0 Å². The van der Waals surface area contributed by atoms with Gasteiger partial charge in [0.2, 0.25) is 9.03 Å². The van der Waals surface area contributed by atoms with E-state index in [2.05, 4.69) is 19.8 Å². The van der Waals surface area contributed by atoms with Crippen LogP contribution in [-0.2, 0) is 0 Å². The first-order valence-electron chi connectivity index (χ1n) is 7.67. The number of hydrogen-bond acceptors (Lipinski definition) is 2. The summed E-state index contributed by atoms with van der Waals surface area (Å²) in [5, 5.41) is 0.237. The molecule has 118 valence electrons. The molecule has 0 aliphatic heterocycles. The van der Waals surface area contributed by atoms with Gasteiger partial charge >= 0.3 is 0 Å². The Morgan fingerprint density at radius 1 is 1.50 bits per heavy atom. The van der Waals surface area contributed by atoms with Crippen LogP contribution in [0.1, 0.15) is 50.7 Å². The first-order chi connectivity index (χ1) is 10.6. The summed E-state index contributed by atoms with van der Waals surface area (Å²) in [6.45, 7) is 4.38. The Bertz CT molecular complexity index is 604. The van der Waals surface area contributed by atoms with Crippen LogP contribution >= 0.6 is 20.6 Å². The molecule has 4 heteroatoms. The molecule has 1 N–H and O–H groups in total. The lowest BCUT2D eigenvalue weighted by atomic mass is 9.89. The molecule has 0 aromatic heterocycles. The molecule has 2 nitrogen and oxygen atoms in total. The molecule has 0 heterocycles. The van der Waals surface area contributed by atoms with Gasteiger partial charge in [-0.05, 0) is 54.9 Å². The molecule has 0 bridgehead atoms. The normalized spacial score (nSPS) is 23.8. The third-order valence-corrected chi connectivity index (χ3v) is 4.99. The maximum Gasteiger partial charge on any atom is 0.212 e. The first kappa shape index (κ1) is 17.4. The summed E-state index contributed by atoms with van der Waals surface area (Å²) in [5.41, 5.74) is 4.59.